The third-order valence-corrected chi connectivity index (χ3v) is 3.83. The molecule has 0 aliphatic heterocycles. The van der Waals surface area contributed by atoms with Crippen molar-refractivity contribution < 1.29 is 4.92 Å². The van der Waals surface area contributed by atoms with Gasteiger partial charge in [-0.15, -0.1) is 11.3 Å². The lowest BCUT2D eigenvalue weighted by atomic mass is 10.2. The predicted octanol–water partition coefficient (Wildman–Crippen LogP) is 4.37. The minimum atomic E-state index is -0.402. The highest BCUT2D eigenvalue weighted by Gasteiger charge is 2.03. The molecule has 0 aliphatic carbocycles. The Bertz CT molecular complexity index is 758. The monoisotopic (exact) mass is 282 g/mol. The molecule has 4 nitrogen and oxygen atoms in total. The van der Waals surface area contributed by atoms with Crippen LogP contribution in [0.4, 0.5) is 5.69 Å². The zero-order chi connectivity index (χ0) is 13.9. The number of fused-ring (bicyclic) bond motifs is 1. The lowest BCUT2D eigenvalue weighted by molar-refractivity contribution is -0.384. The number of nitro groups is 1. The Labute approximate surface area is 119 Å². The van der Waals surface area contributed by atoms with Crippen molar-refractivity contribution in [2.45, 2.75) is 0 Å². The van der Waals surface area contributed by atoms with Gasteiger partial charge in [-0.05, 0) is 35.9 Å². The fourth-order valence-electron chi connectivity index (χ4n) is 1.84. The normalized spacial score (nSPS) is 11.2. The summed E-state index contributed by atoms with van der Waals surface area (Å²) in [5.41, 5.74) is 2.00. The average molecular weight is 282 g/mol. The van der Waals surface area contributed by atoms with E-state index < -0.39 is 4.92 Å². The summed E-state index contributed by atoms with van der Waals surface area (Å²) in [5, 5.41) is 11.5. The van der Waals surface area contributed by atoms with Crippen LogP contribution in [-0.4, -0.2) is 9.91 Å². The van der Waals surface area contributed by atoms with Crippen LogP contribution in [0.15, 0.2) is 48.5 Å². The molecule has 20 heavy (non-hydrogen) atoms. The highest BCUT2D eigenvalue weighted by molar-refractivity contribution is 7.19. The van der Waals surface area contributed by atoms with Gasteiger partial charge in [-0.2, -0.15) is 0 Å². The predicted molar refractivity (Wildman–Crippen MR) is 81.6 cm³/mol. The van der Waals surface area contributed by atoms with Gasteiger partial charge in [-0.25, -0.2) is 4.98 Å². The minimum Gasteiger partial charge on any atom is -0.258 e. The van der Waals surface area contributed by atoms with E-state index in [0.717, 1.165) is 20.8 Å². The quantitative estimate of drug-likeness (QED) is 0.529. The molecule has 0 saturated carbocycles. The van der Waals surface area contributed by atoms with Gasteiger partial charge in [0.1, 0.15) is 5.01 Å². The van der Waals surface area contributed by atoms with Crippen molar-refractivity contribution >= 4 is 39.4 Å². The average Bonchev–Trinajstić information content (AvgIpc) is 2.88. The third-order valence-electron chi connectivity index (χ3n) is 2.83. The summed E-state index contributed by atoms with van der Waals surface area (Å²) in [6.45, 7) is 0. The second kappa shape index (κ2) is 5.22. The molecule has 1 heterocycles. The molecular weight excluding hydrogens is 272 g/mol. The molecule has 0 fully saturated rings. The lowest BCUT2D eigenvalue weighted by Crippen LogP contribution is -1.86. The zero-order valence-electron chi connectivity index (χ0n) is 10.4. The second-order valence-corrected chi connectivity index (χ2v) is 5.26. The summed E-state index contributed by atoms with van der Waals surface area (Å²) in [5.74, 6) is 0. The van der Waals surface area contributed by atoms with Gasteiger partial charge in [-0.3, -0.25) is 10.1 Å². The maximum absolute atomic E-state index is 10.6. The van der Waals surface area contributed by atoms with Crippen LogP contribution in [0.2, 0.25) is 0 Å². The molecular formula is C15H10N2O2S. The van der Waals surface area contributed by atoms with Crippen molar-refractivity contribution in [3.05, 3.63) is 69.2 Å². The number of hydrogen-bond donors (Lipinski definition) is 0. The van der Waals surface area contributed by atoms with E-state index in [1.807, 2.05) is 36.4 Å². The Kier molecular flexibility index (Phi) is 3.26. The van der Waals surface area contributed by atoms with E-state index in [1.54, 1.807) is 23.5 Å². The van der Waals surface area contributed by atoms with Gasteiger partial charge >= 0.3 is 0 Å². The highest BCUT2D eigenvalue weighted by atomic mass is 32.1. The van der Waals surface area contributed by atoms with Crippen molar-refractivity contribution in [3.63, 3.8) is 0 Å². The number of para-hydroxylation sites is 1. The van der Waals surface area contributed by atoms with E-state index in [9.17, 15) is 10.1 Å². The summed E-state index contributed by atoms with van der Waals surface area (Å²) in [6, 6.07) is 14.4. The van der Waals surface area contributed by atoms with Gasteiger partial charge in [0.05, 0.1) is 15.1 Å². The van der Waals surface area contributed by atoms with E-state index in [4.69, 9.17) is 0 Å². The first-order valence-corrected chi connectivity index (χ1v) is 6.82. The van der Waals surface area contributed by atoms with Crippen LogP contribution in [0.3, 0.4) is 0 Å². The van der Waals surface area contributed by atoms with Gasteiger partial charge < -0.3 is 0 Å². The van der Waals surface area contributed by atoms with E-state index in [2.05, 4.69) is 4.98 Å². The van der Waals surface area contributed by atoms with Crippen LogP contribution in [0.1, 0.15) is 10.6 Å². The summed E-state index contributed by atoms with van der Waals surface area (Å²) >= 11 is 1.62. The Morgan fingerprint density at radius 3 is 2.50 bits per heavy atom. The Balaban J connectivity index is 1.84. The molecule has 0 aliphatic rings. The second-order valence-electron chi connectivity index (χ2n) is 4.20. The van der Waals surface area contributed by atoms with E-state index in [1.165, 1.54) is 12.1 Å². The molecule has 0 N–H and O–H groups in total. The summed E-state index contributed by atoms with van der Waals surface area (Å²) in [6.07, 6.45) is 3.83. The van der Waals surface area contributed by atoms with E-state index in [-0.39, 0.29) is 5.69 Å². The summed E-state index contributed by atoms with van der Waals surface area (Å²) in [7, 11) is 0. The number of rotatable bonds is 3. The van der Waals surface area contributed by atoms with Crippen molar-refractivity contribution in [3.8, 4) is 0 Å². The molecule has 3 rings (SSSR count). The molecule has 0 unspecified atom stereocenters. The van der Waals surface area contributed by atoms with Crippen molar-refractivity contribution in [2.75, 3.05) is 0 Å². The van der Waals surface area contributed by atoms with Crippen molar-refractivity contribution in [2.24, 2.45) is 0 Å². The standard InChI is InChI=1S/C15H10N2O2S/c18-17(19)12-8-5-11(6-9-12)7-10-15-16-13-3-1-2-4-14(13)20-15/h1-10H. The summed E-state index contributed by atoms with van der Waals surface area (Å²) in [4.78, 5) is 14.7. The molecule has 0 atom stereocenters. The van der Waals surface area contributed by atoms with Crippen molar-refractivity contribution in [1.82, 2.24) is 4.98 Å². The molecule has 2 aromatic carbocycles. The molecule has 5 heteroatoms. The first-order chi connectivity index (χ1) is 9.72. The number of thiazole rings is 1. The van der Waals surface area contributed by atoms with Gasteiger partial charge in [0.15, 0.2) is 0 Å². The first-order valence-electron chi connectivity index (χ1n) is 6.00. The maximum Gasteiger partial charge on any atom is 0.269 e. The smallest absolute Gasteiger partial charge is 0.258 e. The van der Waals surface area contributed by atoms with Gasteiger partial charge in [0.25, 0.3) is 5.69 Å². The zero-order valence-corrected chi connectivity index (χ0v) is 11.2. The molecule has 0 spiro atoms. The van der Waals surface area contributed by atoms with Gasteiger partial charge in [-0.1, -0.05) is 18.2 Å². The first kappa shape index (κ1) is 12.5. The third kappa shape index (κ3) is 2.57. The van der Waals surface area contributed by atoms with Crippen LogP contribution < -0.4 is 0 Å². The number of nitro benzene ring substituents is 1. The molecule has 0 amide bonds. The molecule has 0 saturated heterocycles. The van der Waals surface area contributed by atoms with Crippen LogP contribution in [-0.2, 0) is 0 Å². The largest absolute Gasteiger partial charge is 0.269 e. The lowest BCUT2D eigenvalue weighted by Gasteiger charge is -1.92. The number of non-ortho nitro benzene ring substituents is 1. The van der Waals surface area contributed by atoms with Crippen LogP contribution in [0, 0.1) is 10.1 Å². The number of aromatic nitrogens is 1. The van der Waals surface area contributed by atoms with E-state index in [0.29, 0.717) is 0 Å². The number of nitrogens with zero attached hydrogens (tertiary/aromatic N) is 2. The fourth-order valence-corrected chi connectivity index (χ4v) is 2.71. The SMILES string of the molecule is O=[N+]([O-])c1ccc(C=Cc2nc3ccccc3s2)cc1. The molecule has 0 bridgehead atoms. The Morgan fingerprint density at radius 1 is 1.05 bits per heavy atom. The topological polar surface area (TPSA) is 56.0 Å². The van der Waals surface area contributed by atoms with Gasteiger partial charge in [0.2, 0.25) is 0 Å². The maximum atomic E-state index is 10.6. The Hall–Kier alpha value is -2.53. The summed E-state index contributed by atoms with van der Waals surface area (Å²) < 4.78 is 1.15. The van der Waals surface area contributed by atoms with Crippen molar-refractivity contribution in [1.29, 1.82) is 0 Å². The number of hydrogen-bond acceptors (Lipinski definition) is 4. The molecule has 3 aromatic rings. The Morgan fingerprint density at radius 2 is 1.80 bits per heavy atom. The van der Waals surface area contributed by atoms with Gasteiger partial charge in [0, 0.05) is 12.1 Å². The van der Waals surface area contributed by atoms with Crippen LogP contribution in [0.25, 0.3) is 22.4 Å². The molecule has 1 aromatic heterocycles. The van der Waals surface area contributed by atoms with Crippen LogP contribution >= 0.6 is 11.3 Å². The molecule has 0 radical (unpaired) electrons. The minimum absolute atomic E-state index is 0.0992. The van der Waals surface area contributed by atoms with Crippen LogP contribution in [0.5, 0.6) is 0 Å². The number of benzene rings is 2. The highest BCUT2D eigenvalue weighted by Crippen LogP contribution is 2.23. The fraction of sp³-hybridized carbons (Fsp3) is 0. The molecule has 98 valence electrons. The van der Waals surface area contributed by atoms with E-state index >= 15 is 0 Å².